The lowest BCUT2D eigenvalue weighted by molar-refractivity contribution is -0.117. The molecule has 0 spiro atoms. The summed E-state index contributed by atoms with van der Waals surface area (Å²) in [5.41, 5.74) is 2.87. The number of nitrogens with zero attached hydrogens (tertiary/aromatic N) is 1. The fourth-order valence-electron chi connectivity index (χ4n) is 2.08. The van der Waals surface area contributed by atoms with Crippen molar-refractivity contribution in [1.82, 2.24) is 10.3 Å². The SMILES string of the molecule is CC(=O)NC(=S)Nc1cccc(-c2nc3cc(Cl)ccc3o2)c1. The van der Waals surface area contributed by atoms with Gasteiger partial charge < -0.3 is 15.1 Å². The molecule has 0 aliphatic heterocycles. The van der Waals surface area contributed by atoms with Crippen molar-refractivity contribution in [3.8, 4) is 11.5 Å². The van der Waals surface area contributed by atoms with Gasteiger partial charge in [-0.1, -0.05) is 17.7 Å². The minimum absolute atomic E-state index is 0.227. The lowest BCUT2D eigenvalue weighted by Gasteiger charge is -2.08. The summed E-state index contributed by atoms with van der Waals surface area (Å²) in [5.74, 6) is 0.255. The van der Waals surface area contributed by atoms with E-state index in [0.29, 0.717) is 22.0 Å². The number of nitrogens with one attached hydrogen (secondary N) is 2. The number of amides is 1. The van der Waals surface area contributed by atoms with Crippen LogP contribution >= 0.6 is 23.8 Å². The van der Waals surface area contributed by atoms with Crippen LogP contribution in [-0.4, -0.2) is 16.0 Å². The maximum Gasteiger partial charge on any atom is 0.227 e. The van der Waals surface area contributed by atoms with Gasteiger partial charge in [0.25, 0.3) is 0 Å². The number of anilines is 1. The second-order valence-electron chi connectivity index (χ2n) is 4.85. The average molecular weight is 346 g/mol. The molecule has 1 amide bonds. The van der Waals surface area contributed by atoms with E-state index >= 15 is 0 Å². The van der Waals surface area contributed by atoms with E-state index in [9.17, 15) is 4.79 Å². The van der Waals surface area contributed by atoms with E-state index in [1.165, 1.54) is 6.92 Å². The Labute approximate surface area is 142 Å². The number of hydrogen-bond donors (Lipinski definition) is 2. The molecular weight excluding hydrogens is 334 g/mol. The molecule has 23 heavy (non-hydrogen) atoms. The third kappa shape index (κ3) is 3.67. The number of aromatic nitrogens is 1. The summed E-state index contributed by atoms with van der Waals surface area (Å²) in [6.07, 6.45) is 0. The number of rotatable bonds is 2. The first-order valence-electron chi connectivity index (χ1n) is 6.76. The molecule has 1 aromatic heterocycles. The Bertz CT molecular complexity index is 907. The minimum atomic E-state index is -0.227. The van der Waals surface area contributed by atoms with Gasteiger partial charge in [-0.15, -0.1) is 0 Å². The predicted molar refractivity (Wildman–Crippen MR) is 94.5 cm³/mol. The van der Waals surface area contributed by atoms with Gasteiger partial charge in [0, 0.05) is 23.2 Å². The Hall–Kier alpha value is -2.44. The maximum atomic E-state index is 11.0. The highest BCUT2D eigenvalue weighted by molar-refractivity contribution is 7.80. The quantitative estimate of drug-likeness (QED) is 0.688. The highest BCUT2D eigenvalue weighted by Gasteiger charge is 2.09. The Morgan fingerprint density at radius 1 is 1.26 bits per heavy atom. The number of hydrogen-bond acceptors (Lipinski definition) is 4. The van der Waals surface area contributed by atoms with Crippen molar-refractivity contribution in [1.29, 1.82) is 0 Å². The van der Waals surface area contributed by atoms with E-state index in [0.717, 1.165) is 11.3 Å². The van der Waals surface area contributed by atoms with Crippen LogP contribution in [0.25, 0.3) is 22.6 Å². The Balaban J connectivity index is 1.88. The van der Waals surface area contributed by atoms with Crippen molar-refractivity contribution in [2.24, 2.45) is 0 Å². The van der Waals surface area contributed by atoms with E-state index in [1.54, 1.807) is 18.2 Å². The maximum absolute atomic E-state index is 11.0. The van der Waals surface area contributed by atoms with E-state index < -0.39 is 0 Å². The van der Waals surface area contributed by atoms with Crippen molar-refractivity contribution >= 4 is 51.6 Å². The van der Waals surface area contributed by atoms with Gasteiger partial charge >= 0.3 is 0 Å². The third-order valence-electron chi connectivity index (χ3n) is 3.01. The summed E-state index contributed by atoms with van der Waals surface area (Å²) < 4.78 is 5.73. The van der Waals surface area contributed by atoms with E-state index in [4.69, 9.17) is 28.2 Å². The number of carbonyl (C=O) groups excluding carboxylic acids is 1. The van der Waals surface area contributed by atoms with Crippen LogP contribution in [0.3, 0.4) is 0 Å². The standard InChI is InChI=1S/C16H12ClN3O2S/c1-9(21)18-16(23)19-12-4-2-3-10(7-12)15-20-13-8-11(17)5-6-14(13)22-15/h2-8H,1H3,(H2,18,19,21,23). The minimum Gasteiger partial charge on any atom is -0.436 e. The van der Waals surface area contributed by atoms with Crippen LogP contribution in [-0.2, 0) is 4.79 Å². The summed E-state index contributed by atoms with van der Waals surface area (Å²) in [7, 11) is 0. The lowest BCUT2D eigenvalue weighted by atomic mass is 10.2. The largest absolute Gasteiger partial charge is 0.436 e. The zero-order valence-electron chi connectivity index (χ0n) is 12.1. The number of oxazole rings is 1. The van der Waals surface area contributed by atoms with Crippen molar-refractivity contribution in [3.63, 3.8) is 0 Å². The van der Waals surface area contributed by atoms with Gasteiger partial charge in [0.1, 0.15) is 5.52 Å². The number of fused-ring (bicyclic) bond motifs is 1. The summed E-state index contributed by atoms with van der Waals surface area (Å²) in [4.78, 5) is 15.4. The van der Waals surface area contributed by atoms with Gasteiger partial charge in [-0.05, 0) is 48.6 Å². The first-order chi connectivity index (χ1) is 11.0. The molecule has 0 saturated heterocycles. The molecule has 2 aromatic carbocycles. The van der Waals surface area contributed by atoms with Gasteiger partial charge in [-0.3, -0.25) is 4.79 Å². The number of carbonyl (C=O) groups is 1. The third-order valence-corrected chi connectivity index (χ3v) is 3.45. The summed E-state index contributed by atoms with van der Waals surface area (Å²) >= 11 is 11.0. The second kappa shape index (κ2) is 6.36. The Morgan fingerprint density at radius 2 is 2.09 bits per heavy atom. The zero-order chi connectivity index (χ0) is 16.4. The van der Waals surface area contributed by atoms with Crippen LogP contribution in [0, 0.1) is 0 Å². The summed E-state index contributed by atoms with van der Waals surface area (Å²) in [6.45, 7) is 1.40. The molecule has 7 heteroatoms. The molecule has 0 radical (unpaired) electrons. The Morgan fingerprint density at radius 3 is 2.87 bits per heavy atom. The van der Waals surface area contributed by atoms with E-state index in [1.807, 2.05) is 24.3 Å². The lowest BCUT2D eigenvalue weighted by Crippen LogP contribution is -2.32. The number of halogens is 1. The molecule has 0 aliphatic rings. The molecule has 0 saturated carbocycles. The molecule has 0 aliphatic carbocycles. The van der Waals surface area contributed by atoms with Crippen molar-refractivity contribution < 1.29 is 9.21 Å². The van der Waals surface area contributed by atoms with Gasteiger partial charge in [0.2, 0.25) is 11.8 Å². The monoisotopic (exact) mass is 345 g/mol. The van der Waals surface area contributed by atoms with Crippen molar-refractivity contribution in [2.75, 3.05) is 5.32 Å². The molecule has 0 atom stereocenters. The molecule has 1 heterocycles. The van der Waals surface area contributed by atoms with E-state index in [-0.39, 0.29) is 11.0 Å². The van der Waals surface area contributed by atoms with Gasteiger partial charge in [-0.2, -0.15) is 0 Å². The van der Waals surface area contributed by atoms with Crippen LogP contribution in [0.15, 0.2) is 46.9 Å². The summed E-state index contributed by atoms with van der Waals surface area (Å²) in [5, 5.41) is 6.28. The van der Waals surface area contributed by atoms with Crippen LogP contribution < -0.4 is 10.6 Å². The zero-order valence-corrected chi connectivity index (χ0v) is 13.7. The topological polar surface area (TPSA) is 67.2 Å². The molecular formula is C16H12ClN3O2S. The van der Waals surface area contributed by atoms with Gasteiger partial charge in [0.15, 0.2) is 10.7 Å². The molecule has 116 valence electrons. The highest BCUT2D eigenvalue weighted by atomic mass is 35.5. The number of benzene rings is 2. The smallest absolute Gasteiger partial charge is 0.227 e. The normalized spacial score (nSPS) is 10.5. The fraction of sp³-hybridized carbons (Fsp3) is 0.0625. The Kier molecular flexibility index (Phi) is 4.27. The first kappa shape index (κ1) is 15.5. The van der Waals surface area contributed by atoms with Crippen LogP contribution in [0.1, 0.15) is 6.92 Å². The number of thiocarbonyl (C=S) groups is 1. The molecule has 3 aromatic rings. The van der Waals surface area contributed by atoms with Crippen LogP contribution in [0.2, 0.25) is 5.02 Å². The highest BCUT2D eigenvalue weighted by Crippen LogP contribution is 2.27. The first-order valence-corrected chi connectivity index (χ1v) is 7.55. The average Bonchev–Trinajstić information content (AvgIpc) is 2.89. The molecule has 0 bridgehead atoms. The van der Waals surface area contributed by atoms with Crippen molar-refractivity contribution in [2.45, 2.75) is 6.92 Å². The fourth-order valence-corrected chi connectivity index (χ4v) is 2.50. The van der Waals surface area contributed by atoms with E-state index in [2.05, 4.69) is 15.6 Å². The predicted octanol–water partition coefficient (Wildman–Crippen LogP) is 3.98. The van der Waals surface area contributed by atoms with Gasteiger partial charge in [-0.25, -0.2) is 4.98 Å². The second-order valence-corrected chi connectivity index (χ2v) is 5.69. The van der Waals surface area contributed by atoms with Crippen LogP contribution in [0.4, 0.5) is 5.69 Å². The van der Waals surface area contributed by atoms with Gasteiger partial charge in [0.05, 0.1) is 0 Å². The van der Waals surface area contributed by atoms with Crippen LogP contribution in [0.5, 0.6) is 0 Å². The van der Waals surface area contributed by atoms with Crippen molar-refractivity contribution in [3.05, 3.63) is 47.5 Å². The summed E-state index contributed by atoms with van der Waals surface area (Å²) in [6, 6.07) is 12.7. The molecule has 3 rings (SSSR count). The molecule has 0 fully saturated rings. The molecule has 5 nitrogen and oxygen atoms in total. The molecule has 2 N–H and O–H groups in total. The molecule has 0 unspecified atom stereocenters.